The van der Waals surface area contributed by atoms with Crippen LogP contribution in [0.1, 0.15) is 35.4 Å². The van der Waals surface area contributed by atoms with Crippen LogP contribution in [0.5, 0.6) is 11.5 Å². The third-order valence-corrected chi connectivity index (χ3v) is 5.56. The number of aryl methyl sites for hydroxylation is 2. The first-order chi connectivity index (χ1) is 15.0. The van der Waals surface area contributed by atoms with Gasteiger partial charge in [0.1, 0.15) is 29.7 Å². The highest BCUT2D eigenvalue weighted by atomic mass is 16.5. The normalized spacial score (nSPS) is 16.0. The van der Waals surface area contributed by atoms with E-state index in [2.05, 4.69) is 26.3 Å². The van der Waals surface area contributed by atoms with Crippen molar-refractivity contribution in [3.8, 4) is 11.5 Å². The van der Waals surface area contributed by atoms with Gasteiger partial charge in [-0.05, 0) is 50.6 Å². The van der Waals surface area contributed by atoms with Gasteiger partial charge in [0, 0.05) is 31.1 Å². The van der Waals surface area contributed by atoms with Crippen molar-refractivity contribution < 1.29 is 14.3 Å². The van der Waals surface area contributed by atoms with Gasteiger partial charge in [0.2, 0.25) is 5.91 Å². The maximum absolute atomic E-state index is 12.7. The number of aromatic amines is 1. The molecule has 164 valence electrons. The number of H-pyrrole nitrogens is 1. The van der Waals surface area contributed by atoms with Gasteiger partial charge in [-0.1, -0.05) is 0 Å². The lowest BCUT2D eigenvalue weighted by molar-refractivity contribution is -0.131. The molecule has 2 aromatic heterocycles. The quantitative estimate of drug-likeness (QED) is 0.596. The third kappa shape index (κ3) is 5.04. The zero-order valence-corrected chi connectivity index (χ0v) is 18.2. The van der Waals surface area contributed by atoms with E-state index in [4.69, 9.17) is 9.47 Å². The first-order valence-corrected chi connectivity index (χ1v) is 10.5. The van der Waals surface area contributed by atoms with Crippen molar-refractivity contribution in [3.05, 3.63) is 53.4 Å². The molecule has 9 heteroatoms. The summed E-state index contributed by atoms with van der Waals surface area (Å²) >= 11 is 0. The molecule has 3 heterocycles. The van der Waals surface area contributed by atoms with Crippen LogP contribution in [-0.2, 0) is 17.8 Å². The number of hydrogen-bond acceptors (Lipinski definition) is 6. The van der Waals surface area contributed by atoms with Gasteiger partial charge in [-0.2, -0.15) is 10.2 Å². The second-order valence-electron chi connectivity index (χ2n) is 7.78. The van der Waals surface area contributed by atoms with E-state index < -0.39 is 0 Å². The van der Waals surface area contributed by atoms with E-state index in [9.17, 15) is 4.79 Å². The van der Waals surface area contributed by atoms with Crippen molar-refractivity contribution in [2.45, 2.75) is 39.2 Å². The predicted octanol–water partition coefficient (Wildman–Crippen LogP) is 2.26. The monoisotopic (exact) mass is 424 g/mol. The maximum Gasteiger partial charge on any atom is 0.244 e. The Hall–Kier alpha value is -3.36. The average molecular weight is 425 g/mol. The van der Waals surface area contributed by atoms with Crippen LogP contribution in [0.3, 0.4) is 0 Å². The zero-order valence-electron chi connectivity index (χ0n) is 18.2. The van der Waals surface area contributed by atoms with Crippen LogP contribution >= 0.6 is 0 Å². The molecule has 1 unspecified atom stereocenters. The molecule has 3 aromatic rings. The lowest BCUT2D eigenvalue weighted by Crippen LogP contribution is -2.32. The maximum atomic E-state index is 12.7. The highest BCUT2D eigenvalue weighted by molar-refractivity contribution is 5.76. The fourth-order valence-corrected chi connectivity index (χ4v) is 3.83. The Morgan fingerprint density at radius 3 is 2.71 bits per heavy atom. The van der Waals surface area contributed by atoms with Gasteiger partial charge in [0.05, 0.1) is 19.4 Å². The highest BCUT2D eigenvalue weighted by Gasteiger charge is 2.29. The predicted molar refractivity (Wildman–Crippen MR) is 114 cm³/mol. The number of amides is 1. The van der Waals surface area contributed by atoms with E-state index in [1.54, 1.807) is 11.8 Å². The number of nitrogens with zero attached hydrogens (tertiary/aromatic N) is 5. The molecule has 0 aliphatic carbocycles. The number of carbonyl (C=O) groups is 1. The van der Waals surface area contributed by atoms with Gasteiger partial charge >= 0.3 is 0 Å². The third-order valence-electron chi connectivity index (χ3n) is 5.56. The van der Waals surface area contributed by atoms with Gasteiger partial charge in [-0.25, -0.2) is 9.67 Å². The molecule has 1 fully saturated rings. The van der Waals surface area contributed by atoms with E-state index in [0.717, 1.165) is 48.1 Å². The zero-order chi connectivity index (χ0) is 21.8. The smallest absolute Gasteiger partial charge is 0.244 e. The van der Waals surface area contributed by atoms with Crippen molar-refractivity contribution >= 4 is 5.91 Å². The Balaban J connectivity index is 1.26. The summed E-state index contributed by atoms with van der Waals surface area (Å²) in [5, 5.41) is 11.9. The van der Waals surface area contributed by atoms with E-state index in [1.165, 1.54) is 0 Å². The molecule has 1 N–H and O–H groups in total. The molecule has 0 saturated carbocycles. The van der Waals surface area contributed by atoms with Crippen molar-refractivity contribution in [1.29, 1.82) is 0 Å². The summed E-state index contributed by atoms with van der Waals surface area (Å²) in [7, 11) is 1.64. The lowest BCUT2D eigenvalue weighted by Gasteiger charge is -2.16. The van der Waals surface area contributed by atoms with Gasteiger partial charge in [0.15, 0.2) is 0 Å². The summed E-state index contributed by atoms with van der Waals surface area (Å²) in [6.45, 7) is 5.89. The second-order valence-corrected chi connectivity index (χ2v) is 7.78. The SMILES string of the molecule is COc1ccc(OCCc2cc(C3CCN(C(=O)Cn4nc(C)nc4C)C3)n[nH]2)cc1. The molecule has 1 aliphatic heterocycles. The Labute approximate surface area is 181 Å². The molecule has 1 atom stereocenters. The summed E-state index contributed by atoms with van der Waals surface area (Å²) in [5.74, 6) is 3.37. The fourth-order valence-electron chi connectivity index (χ4n) is 3.83. The van der Waals surface area contributed by atoms with E-state index in [1.807, 2.05) is 43.0 Å². The van der Waals surface area contributed by atoms with Gasteiger partial charge in [-0.3, -0.25) is 9.89 Å². The number of likely N-dealkylation sites (tertiary alicyclic amines) is 1. The van der Waals surface area contributed by atoms with Gasteiger partial charge in [-0.15, -0.1) is 0 Å². The van der Waals surface area contributed by atoms with Crippen LogP contribution in [0.2, 0.25) is 0 Å². The number of benzene rings is 1. The highest BCUT2D eigenvalue weighted by Crippen LogP contribution is 2.26. The molecule has 1 amide bonds. The average Bonchev–Trinajstić information content (AvgIpc) is 3.49. The molecular weight excluding hydrogens is 396 g/mol. The topological polar surface area (TPSA) is 98.2 Å². The Bertz CT molecular complexity index is 1030. The molecule has 0 bridgehead atoms. The lowest BCUT2D eigenvalue weighted by atomic mass is 10.0. The van der Waals surface area contributed by atoms with Gasteiger partial charge < -0.3 is 14.4 Å². The number of carbonyl (C=O) groups excluding carboxylic acids is 1. The van der Waals surface area contributed by atoms with Crippen LogP contribution < -0.4 is 9.47 Å². The van der Waals surface area contributed by atoms with E-state index in [0.29, 0.717) is 19.0 Å². The van der Waals surface area contributed by atoms with Crippen molar-refractivity contribution in [2.24, 2.45) is 0 Å². The van der Waals surface area contributed by atoms with Crippen LogP contribution in [0.4, 0.5) is 0 Å². The van der Waals surface area contributed by atoms with Crippen LogP contribution in [0, 0.1) is 13.8 Å². The molecule has 31 heavy (non-hydrogen) atoms. The van der Waals surface area contributed by atoms with Gasteiger partial charge in [0.25, 0.3) is 0 Å². The minimum absolute atomic E-state index is 0.0687. The van der Waals surface area contributed by atoms with Crippen molar-refractivity contribution in [3.63, 3.8) is 0 Å². The van der Waals surface area contributed by atoms with E-state index >= 15 is 0 Å². The minimum Gasteiger partial charge on any atom is -0.497 e. The van der Waals surface area contributed by atoms with E-state index in [-0.39, 0.29) is 18.4 Å². The Morgan fingerprint density at radius 1 is 1.23 bits per heavy atom. The summed E-state index contributed by atoms with van der Waals surface area (Å²) in [4.78, 5) is 18.8. The Morgan fingerprint density at radius 2 is 2.00 bits per heavy atom. The fraction of sp³-hybridized carbons (Fsp3) is 0.455. The largest absolute Gasteiger partial charge is 0.497 e. The minimum atomic E-state index is 0.0687. The van der Waals surface area contributed by atoms with Crippen molar-refractivity contribution in [2.75, 3.05) is 26.8 Å². The molecule has 1 aromatic carbocycles. The molecule has 1 aliphatic rings. The molecular formula is C22H28N6O3. The summed E-state index contributed by atoms with van der Waals surface area (Å²) in [5.41, 5.74) is 2.03. The summed E-state index contributed by atoms with van der Waals surface area (Å²) in [6, 6.07) is 9.62. The van der Waals surface area contributed by atoms with Crippen LogP contribution in [0.25, 0.3) is 0 Å². The molecule has 0 radical (unpaired) electrons. The van der Waals surface area contributed by atoms with Crippen molar-refractivity contribution in [1.82, 2.24) is 29.9 Å². The number of rotatable bonds is 8. The first-order valence-electron chi connectivity index (χ1n) is 10.5. The standard InChI is InChI=1S/C22H28N6O3/c1-15-23-16(2)28(26-15)14-22(29)27-10-8-17(13-27)21-12-18(24-25-21)9-11-31-20-6-4-19(30-3)5-7-20/h4-7,12,17H,8-11,13-14H2,1-3H3,(H,24,25). The second kappa shape index (κ2) is 9.20. The number of ether oxygens (including phenoxy) is 2. The number of aromatic nitrogens is 5. The first kappa shape index (κ1) is 20.9. The summed E-state index contributed by atoms with van der Waals surface area (Å²) < 4.78 is 12.6. The molecule has 4 rings (SSSR count). The summed E-state index contributed by atoms with van der Waals surface area (Å²) in [6.07, 6.45) is 1.65. The number of hydrogen-bond donors (Lipinski definition) is 1. The van der Waals surface area contributed by atoms with Crippen LogP contribution in [0.15, 0.2) is 30.3 Å². The van der Waals surface area contributed by atoms with Crippen LogP contribution in [-0.4, -0.2) is 62.6 Å². The molecule has 0 spiro atoms. The molecule has 1 saturated heterocycles. The number of nitrogens with one attached hydrogen (secondary N) is 1. The molecule has 9 nitrogen and oxygen atoms in total. The number of methoxy groups -OCH3 is 1. The Kier molecular flexibility index (Phi) is 6.20.